The normalized spacial score (nSPS) is 13.9. The molecule has 1 saturated heterocycles. The fourth-order valence-corrected chi connectivity index (χ4v) is 4.00. The molecule has 0 saturated carbocycles. The summed E-state index contributed by atoms with van der Waals surface area (Å²) in [4.78, 5) is 15.7. The van der Waals surface area contributed by atoms with Gasteiger partial charge in [0.25, 0.3) is 0 Å². The summed E-state index contributed by atoms with van der Waals surface area (Å²) in [5.41, 5.74) is 4.37. The number of hydrogen-bond donors (Lipinski definition) is 1. The number of benzene rings is 3. The predicted molar refractivity (Wildman–Crippen MR) is 121 cm³/mol. The first-order valence-corrected chi connectivity index (χ1v) is 10.8. The van der Waals surface area contributed by atoms with Crippen LogP contribution in [-0.4, -0.2) is 38.0 Å². The van der Waals surface area contributed by atoms with E-state index in [-0.39, 0.29) is 5.91 Å². The van der Waals surface area contributed by atoms with E-state index >= 15 is 0 Å². The van der Waals surface area contributed by atoms with Crippen molar-refractivity contribution in [1.29, 1.82) is 0 Å². The van der Waals surface area contributed by atoms with Crippen molar-refractivity contribution in [2.24, 2.45) is 0 Å². The van der Waals surface area contributed by atoms with Gasteiger partial charge in [-0.15, -0.1) is 11.8 Å². The van der Waals surface area contributed by atoms with Gasteiger partial charge in [-0.25, -0.2) is 0 Å². The van der Waals surface area contributed by atoms with Crippen molar-refractivity contribution in [3.63, 3.8) is 0 Å². The zero-order valence-electron chi connectivity index (χ0n) is 16.2. The molecule has 0 unspecified atom stereocenters. The maximum Gasteiger partial charge on any atom is 0.234 e. The van der Waals surface area contributed by atoms with Crippen molar-refractivity contribution in [1.82, 2.24) is 0 Å². The molecule has 0 spiro atoms. The Hall–Kier alpha value is -2.76. The number of rotatable bonds is 6. The predicted octanol–water partition coefficient (Wildman–Crippen LogP) is 4.92. The van der Waals surface area contributed by atoms with E-state index in [0.29, 0.717) is 5.75 Å². The minimum absolute atomic E-state index is 0.00117. The first-order valence-electron chi connectivity index (χ1n) is 9.79. The molecule has 3 aromatic carbocycles. The van der Waals surface area contributed by atoms with Gasteiger partial charge in [-0.1, -0.05) is 42.5 Å². The first-order chi connectivity index (χ1) is 14.3. The number of thioether (sulfide) groups is 1. The molecule has 0 aliphatic carbocycles. The molecular formula is C24H24N2O2S. The average molecular weight is 405 g/mol. The standard InChI is InChI=1S/C24H24N2O2S/c27-24(25-21-8-10-22(11-9-21)26-14-16-28-17-15-26)18-29-23-12-6-20(7-13-23)19-4-2-1-3-5-19/h1-13H,14-18H2,(H,25,27). The van der Waals surface area contributed by atoms with Crippen molar-refractivity contribution in [2.45, 2.75) is 4.90 Å². The molecule has 0 atom stereocenters. The molecular weight excluding hydrogens is 380 g/mol. The summed E-state index contributed by atoms with van der Waals surface area (Å²) in [5.74, 6) is 0.386. The molecule has 5 heteroatoms. The van der Waals surface area contributed by atoms with Crippen LogP contribution >= 0.6 is 11.8 Å². The largest absolute Gasteiger partial charge is 0.378 e. The van der Waals surface area contributed by atoms with Crippen molar-refractivity contribution in [3.05, 3.63) is 78.9 Å². The second-order valence-electron chi connectivity index (χ2n) is 6.87. The van der Waals surface area contributed by atoms with Crippen LogP contribution in [0.3, 0.4) is 0 Å². The second kappa shape index (κ2) is 9.63. The number of ether oxygens (including phenoxy) is 1. The first kappa shape index (κ1) is 19.6. The molecule has 3 aromatic rings. The Kier molecular flexibility index (Phi) is 6.49. The Bertz CT molecular complexity index is 921. The number of nitrogens with zero attached hydrogens (tertiary/aromatic N) is 1. The summed E-state index contributed by atoms with van der Waals surface area (Å²) < 4.78 is 5.39. The average Bonchev–Trinajstić information content (AvgIpc) is 2.80. The van der Waals surface area contributed by atoms with Gasteiger partial charge < -0.3 is 15.0 Å². The quantitative estimate of drug-likeness (QED) is 0.592. The summed E-state index contributed by atoms with van der Waals surface area (Å²) in [6.07, 6.45) is 0. The molecule has 29 heavy (non-hydrogen) atoms. The number of anilines is 2. The third kappa shape index (κ3) is 5.40. The van der Waals surface area contributed by atoms with Crippen LogP contribution < -0.4 is 10.2 Å². The van der Waals surface area contributed by atoms with Crippen molar-refractivity contribution in [2.75, 3.05) is 42.3 Å². The monoisotopic (exact) mass is 404 g/mol. The molecule has 1 amide bonds. The van der Waals surface area contributed by atoms with Crippen LogP contribution in [0.15, 0.2) is 83.8 Å². The molecule has 1 fully saturated rings. The van der Waals surface area contributed by atoms with Gasteiger partial charge in [0, 0.05) is 29.4 Å². The molecule has 1 N–H and O–H groups in total. The smallest absolute Gasteiger partial charge is 0.234 e. The Morgan fingerprint density at radius 2 is 1.52 bits per heavy atom. The lowest BCUT2D eigenvalue weighted by Gasteiger charge is -2.28. The Balaban J connectivity index is 1.27. The molecule has 1 aliphatic rings. The lowest BCUT2D eigenvalue weighted by Crippen LogP contribution is -2.36. The molecule has 0 aromatic heterocycles. The Morgan fingerprint density at radius 1 is 0.862 bits per heavy atom. The SMILES string of the molecule is O=C(CSc1ccc(-c2ccccc2)cc1)Nc1ccc(N2CCOCC2)cc1. The number of carbonyl (C=O) groups excluding carboxylic acids is 1. The highest BCUT2D eigenvalue weighted by Gasteiger charge is 2.11. The van der Waals surface area contributed by atoms with Gasteiger partial charge in [-0.3, -0.25) is 4.79 Å². The van der Waals surface area contributed by atoms with E-state index in [0.717, 1.165) is 36.9 Å². The molecule has 0 bridgehead atoms. The van der Waals surface area contributed by atoms with E-state index in [9.17, 15) is 4.79 Å². The fraction of sp³-hybridized carbons (Fsp3) is 0.208. The van der Waals surface area contributed by atoms with Gasteiger partial charge in [-0.05, 0) is 47.5 Å². The maximum absolute atomic E-state index is 12.3. The fourth-order valence-electron chi connectivity index (χ4n) is 3.30. The topological polar surface area (TPSA) is 41.6 Å². The van der Waals surface area contributed by atoms with Gasteiger partial charge in [-0.2, -0.15) is 0 Å². The van der Waals surface area contributed by atoms with Crippen LogP contribution in [0, 0.1) is 0 Å². The Labute approximate surface area is 175 Å². The number of nitrogens with one attached hydrogen (secondary N) is 1. The highest BCUT2D eigenvalue weighted by atomic mass is 32.2. The molecule has 4 rings (SSSR count). The van der Waals surface area contributed by atoms with Gasteiger partial charge in [0.1, 0.15) is 0 Å². The van der Waals surface area contributed by atoms with E-state index < -0.39 is 0 Å². The number of carbonyl (C=O) groups is 1. The summed E-state index contributed by atoms with van der Waals surface area (Å²) in [5, 5.41) is 2.98. The van der Waals surface area contributed by atoms with Gasteiger partial charge >= 0.3 is 0 Å². The lowest BCUT2D eigenvalue weighted by molar-refractivity contribution is -0.113. The minimum atomic E-state index is 0.00117. The molecule has 4 nitrogen and oxygen atoms in total. The van der Waals surface area contributed by atoms with Gasteiger partial charge in [0.05, 0.1) is 19.0 Å². The summed E-state index contributed by atoms with van der Waals surface area (Å²) in [6, 6.07) is 26.6. The van der Waals surface area contributed by atoms with Gasteiger partial charge in [0.15, 0.2) is 0 Å². The Morgan fingerprint density at radius 3 is 2.21 bits per heavy atom. The van der Waals surface area contributed by atoms with E-state index in [1.807, 2.05) is 30.3 Å². The lowest BCUT2D eigenvalue weighted by atomic mass is 10.1. The van der Waals surface area contributed by atoms with E-state index in [4.69, 9.17) is 4.74 Å². The van der Waals surface area contributed by atoms with Crippen molar-refractivity contribution < 1.29 is 9.53 Å². The molecule has 1 aliphatic heterocycles. The number of hydrogen-bond acceptors (Lipinski definition) is 4. The highest BCUT2D eigenvalue weighted by molar-refractivity contribution is 8.00. The minimum Gasteiger partial charge on any atom is -0.378 e. The summed E-state index contributed by atoms with van der Waals surface area (Å²) >= 11 is 1.54. The number of amides is 1. The van der Waals surface area contributed by atoms with Crippen LogP contribution in [0.2, 0.25) is 0 Å². The zero-order valence-corrected chi connectivity index (χ0v) is 17.0. The van der Waals surface area contributed by atoms with Crippen LogP contribution in [0.5, 0.6) is 0 Å². The maximum atomic E-state index is 12.3. The van der Waals surface area contributed by atoms with Crippen LogP contribution in [-0.2, 0) is 9.53 Å². The summed E-state index contributed by atoms with van der Waals surface area (Å²) in [7, 11) is 0. The molecule has 148 valence electrons. The van der Waals surface area contributed by atoms with E-state index in [1.54, 1.807) is 11.8 Å². The van der Waals surface area contributed by atoms with Crippen molar-refractivity contribution >= 4 is 29.0 Å². The third-order valence-electron chi connectivity index (χ3n) is 4.86. The van der Waals surface area contributed by atoms with E-state index in [2.05, 4.69) is 58.7 Å². The highest BCUT2D eigenvalue weighted by Crippen LogP contribution is 2.24. The van der Waals surface area contributed by atoms with Gasteiger partial charge in [0.2, 0.25) is 5.91 Å². The van der Waals surface area contributed by atoms with Crippen LogP contribution in [0.1, 0.15) is 0 Å². The molecule has 1 heterocycles. The van der Waals surface area contributed by atoms with E-state index in [1.165, 1.54) is 16.8 Å². The van der Waals surface area contributed by atoms with Crippen LogP contribution in [0.4, 0.5) is 11.4 Å². The third-order valence-corrected chi connectivity index (χ3v) is 5.87. The van der Waals surface area contributed by atoms with Crippen molar-refractivity contribution in [3.8, 4) is 11.1 Å². The zero-order chi connectivity index (χ0) is 19.9. The summed E-state index contributed by atoms with van der Waals surface area (Å²) in [6.45, 7) is 3.35. The molecule has 0 radical (unpaired) electrons. The number of morpholine rings is 1. The van der Waals surface area contributed by atoms with Crippen LogP contribution in [0.25, 0.3) is 11.1 Å². The second-order valence-corrected chi connectivity index (χ2v) is 7.92.